The molecule has 3 rings (SSSR count). The molecule has 90 valence electrons. The Kier molecular flexibility index (Phi) is 2.40. The molecule has 0 aliphatic heterocycles. The summed E-state index contributed by atoms with van der Waals surface area (Å²) in [6.45, 7) is 0. The molecule has 0 saturated carbocycles. The molecule has 2 N–H and O–H groups in total. The van der Waals surface area contributed by atoms with Gasteiger partial charge in [-0.15, -0.1) is 0 Å². The minimum atomic E-state index is -0.447. The standard InChI is InChI=1S/C12H9FN4O/c13-8-1-2-10-9(4-8)12(18)17-11(16-10)3-7-5-14-15-6-7/h1-2,4-6H,3H2,(H,14,15)(H,16,17,18). The van der Waals surface area contributed by atoms with Crippen molar-refractivity contribution in [2.45, 2.75) is 6.42 Å². The zero-order valence-electron chi connectivity index (χ0n) is 9.27. The summed E-state index contributed by atoms with van der Waals surface area (Å²) in [5.41, 5.74) is 1.07. The molecule has 0 amide bonds. The zero-order valence-corrected chi connectivity index (χ0v) is 9.27. The van der Waals surface area contributed by atoms with Gasteiger partial charge in [0.2, 0.25) is 0 Å². The highest BCUT2D eigenvalue weighted by molar-refractivity contribution is 5.77. The summed E-state index contributed by atoms with van der Waals surface area (Å²) >= 11 is 0. The van der Waals surface area contributed by atoms with E-state index in [-0.39, 0.29) is 10.9 Å². The first-order valence-corrected chi connectivity index (χ1v) is 5.38. The monoisotopic (exact) mass is 244 g/mol. The number of aromatic nitrogens is 4. The van der Waals surface area contributed by atoms with Gasteiger partial charge in [-0.05, 0) is 23.8 Å². The van der Waals surface area contributed by atoms with E-state index in [1.54, 1.807) is 12.4 Å². The maximum atomic E-state index is 13.0. The summed E-state index contributed by atoms with van der Waals surface area (Å²) < 4.78 is 13.0. The van der Waals surface area contributed by atoms with Gasteiger partial charge in [-0.2, -0.15) is 5.10 Å². The van der Waals surface area contributed by atoms with Crippen molar-refractivity contribution in [3.8, 4) is 0 Å². The lowest BCUT2D eigenvalue weighted by Gasteiger charge is -2.01. The Labute approximate surface area is 101 Å². The van der Waals surface area contributed by atoms with Gasteiger partial charge in [0.25, 0.3) is 5.56 Å². The van der Waals surface area contributed by atoms with Crippen LogP contribution in [-0.2, 0) is 6.42 Å². The number of halogens is 1. The van der Waals surface area contributed by atoms with Gasteiger partial charge < -0.3 is 4.98 Å². The second kappa shape index (κ2) is 4.06. The molecule has 0 spiro atoms. The smallest absolute Gasteiger partial charge is 0.258 e. The Bertz CT molecular complexity index is 748. The molecular formula is C12H9FN4O. The van der Waals surface area contributed by atoms with Crippen LogP contribution in [0.25, 0.3) is 10.9 Å². The summed E-state index contributed by atoms with van der Waals surface area (Å²) in [4.78, 5) is 18.7. The lowest BCUT2D eigenvalue weighted by atomic mass is 10.2. The van der Waals surface area contributed by atoms with Crippen molar-refractivity contribution in [2.75, 3.05) is 0 Å². The summed E-state index contributed by atoms with van der Waals surface area (Å²) in [7, 11) is 0. The fourth-order valence-electron chi connectivity index (χ4n) is 1.81. The molecule has 18 heavy (non-hydrogen) atoms. The van der Waals surface area contributed by atoms with Crippen LogP contribution in [0.2, 0.25) is 0 Å². The molecule has 5 nitrogen and oxygen atoms in total. The van der Waals surface area contributed by atoms with E-state index in [0.29, 0.717) is 17.8 Å². The fourth-order valence-corrected chi connectivity index (χ4v) is 1.81. The van der Waals surface area contributed by atoms with Crippen LogP contribution < -0.4 is 5.56 Å². The number of aromatic amines is 2. The molecule has 2 heterocycles. The Balaban J connectivity index is 2.10. The Morgan fingerprint density at radius 1 is 1.33 bits per heavy atom. The van der Waals surface area contributed by atoms with Crippen molar-refractivity contribution in [1.29, 1.82) is 0 Å². The third kappa shape index (κ3) is 1.88. The lowest BCUT2D eigenvalue weighted by molar-refractivity contribution is 0.629. The molecule has 3 aromatic rings. The van der Waals surface area contributed by atoms with Crippen molar-refractivity contribution in [1.82, 2.24) is 20.2 Å². The largest absolute Gasteiger partial charge is 0.310 e. The predicted octanol–water partition coefficient (Wildman–Crippen LogP) is 1.38. The number of fused-ring (bicyclic) bond motifs is 1. The third-order valence-electron chi connectivity index (χ3n) is 2.64. The minimum absolute atomic E-state index is 0.256. The molecule has 0 radical (unpaired) electrons. The number of rotatable bonds is 2. The van der Waals surface area contributed by atoms with Crippen molar-refractivity contribution in [3.05, 3.63) is 58.2 Å². The number of benzene rings is 1. The second-order valence-electron chi connectivity index (χ2n) is 3.96. The summed E-state index contributed by atoms with van der Waals surface area (Å²) in [6, 6.07) is 3.97. The molecule has 0 aliphatic rings. The summed E-state index contributed by atoms with van der Waals surface area (Å²) in [5, 5.41) is 6.77. The third-order valence-corrected chi connectivity index (χ3v) is 2.64. The van der Waals surface area contributed by atoms with Crippen LogP contribution in [0.3, 0.4) is 0 Å². The molecule has 2 aromatic heterocycles. The first-order valence-electron chi connectivity index (χ1n) is 5.38. The van der Waals surface area contributed by atoms with E-state index in [4.69, 9.17) is 0 Å². The average Bonchev–Trinajstić information content (AvgIpc) is 2.83. The maximum absolute atomic E-state index is 13.0. The average molecular weight is 244 g/mol. The normalized spacial score (nSPS) is 10.9. The molecule has 0 aliphatic carbocycles. The Morgan fingerprint density at radius 2 is 2.22 bits per heavy atom. The van der Waals surface area contributed by atoms with Gasteiger partial charge in [0.05, 0.1) is 17.1 Å². The van der Waals surface area contributed by atoms with E-state index in [2.05, 4.69) is 20.2 Å². The van der Waals surface area contributed by atoms with Gasteiger partial charge in [-0.1, -0.05) is 0 Å². The molecule has 0 saturated heterocycles. The first-order chi connectivity index (χ1) is 8.72. The number of H-pyrrole nitrogens is 2. The Morgan fingerprint density at radius 3 is 3.00 bits per heavy atom. The number of hydrogen-bond donors (Lipinski definition) is 2. The van der Waals surface area contributed by atoms with E-state index in [1.807, 2.05) is 0 Å². The molecular weight excluding hydrogens is 235 g/mol. The van der Waals surface area contributed by atoms with E-state index in [1.165, 1.54) is 18.2 Å². The van der Waals surface area contributed by atoms with Crippen LogP contribution in [0.15, 0.2) is 35.4 Å². The van der Waals surface area contributed by atoms with Crippen LogP contribution >= 0.6 is 0 Å². The summed E-state index contributed by atoms with van der Waals surface area (Å²) in [5.74, 6) is 0.0814. The second-order valence-corrected chi connectivity index (χ2v) is 3.96. The number of nitrogens with zero attached hydrogens (tertiary/aromatic N) is 2. The van der Waals surface area contributed by atoms with Crippen LogP contribution in [0.1, 0.15) is 11.4 Å². The fraction of sp³-hybridized carbons (Fsp3) is 0.0833. The minimum Gasteiger partial charge on any atom is -0.310 e. The van der Waals surface area contributed by atoms with Crippen molar-refractivity contribution in [3.63, 3.8) is 0 Å². The van der Waals surface area contributed by atoms with Gasteiger partial charge in [0.15, 0.2) is 0 Å². The van der Waals surface area contributed by atoms with E-state index in [9.17, 15) is 9.18 Å². The van der Waals surface area contributed by atoms with E-state index < -0.39 is 5.82 Å². The molecule has 1 aromatic carbocycles. The zero-order chi connectivity index (χ0) is 12.5. The molecule has 0 fully saturated rings. The quantitative estimate of drug-likeness (QED) is 0.715. The van der Waals surface area contributed by atoms with Crippen LogP contribution in [-0.4, -0.2) is 20.2 Å². The van der Waals surface area contributed by atoms with Crippen molar-refractivity contribution in [2.24, 2.45) is 0 Å². The van der Waals surface area contributed by atoms with Gasteiger partial charge in [-0.3, -0.25) is 9.89 Å². The first kappa shape index (κ1) is 10.6. The van der Waals surface area contributed by atoms with Crippen molar-refractivity contribution < 1.29 is 4.39 Å². The van der Waals surface area contributed by atoms with Gasteiger partial charge >= 0.3 is 0 Å². The highest BCUT2D eigenvalue weighted by atomic mass is 19.1. The van der Waals surface area contributed by atoms with Gasteiger partial charge in [0, 0.05) is 12.6 Å². The number of nitrogens with one attached hydrogen (secondary N) is 2. The summed E-state index contributed by atoms with van der Waals surface area (Å²) in [6.07, 6.45) is 3.86. The highest BCUT2D eigenvalue weighted by Gasteiger charge is 2.06. The van der Waals surface area contributed by atoms with E-state index >= 15 is 0 Å². The topological polar surface area (TPSA) is 74.4 Å². The predicted molar refractivity (Wildman–Crippen MR) is 63.7 cm³/mol. The molecule has 6 heteroatoms. The van der Waals surface area contributed by atoms with Crippen LogP contribution in [0.4, 0.5) is 4.39 Å². The SMILES string of the molecule is O=c1[nH]c(Cc2cn[nH]c2)nc2ccc(F)cc12. The van der Waals surface area contributed by atoms with E-state index in [0.717, 1.165) is 5.56 Å². The lowest BCUT2D eigenvalue weighted by Crippen LogP contribution is -2.12. The molecule has 0 atom stereocenters. The molecule has 0 bridgehead atoms. The van der Waals surface area contributed by atoms with Gasteiger partial charge in [0.1, 0.15) is 11.6 Å². The molecule has 0 unspecified atom stereocenters. The van der Waals surface area contributed by atoms with Crippen molar-refractivity contribution >= 4 is 10.9 Å². The van der Waals surface area contributed by atoms with Crippen LogP contribution in [0.5, 0.6) is 0 Å². The van der Waals surface area contributed by atoms with Gasteiger partial charge in [-0.25, -0.2) is 9.37 Å². The number of hydrogen-bond acceptors (Lipinski definition) is 3. The maximum Gasteiger partial charge on any atom is 0.258 e. The van der Waals surface area contributed by atoms with Crippen LogP contribution in [0, 0.1) is 5.82 Å². The Hall–Kier alpha value is -2.50. The highest BCUT2D eigenvalue weighted by Crippen LogP contribution is 2.10.